The lowest BCUT2D eigenvalue weighted by molar-refractivity contribution is 0.190. The molecule has 0 amide bonds. The summed E-state index contributed by atoms with van der Waals surface area (Å²) in [7, 11) is 2.13. The molecule has 1 fully saturated rings. The molecule has 88 valence electrons. The van der Waals surface area contributed by atoms with Crippen molar-refractivity contribution in [2.24, 2.45) is 0 Å². The number of benzene rings is 1. The molecule has 3 nitrogen and oxygen atoms in total. The number of hydrogen-bond acceptors (Lipinski definition) is 3. The Labute approximate surface area is 97.4 Å². The molecule has 1 aromatic rings. The Morgan fingerprint density at radius 1 is 1.38 bits per heavy atom. The molecule has 2 rings (SSSR count). The second-order valence-corrected chi connectivity index (χ2v) is 4.27. The second kappa shape index (κ2) is 5.87. The number of para-hydroxylation sites is 1. The lowest BCUT2D eigenvalue weighted by Crippen LogP contribution is -2.36. The van der Waals surface area contributed by atoms with Crippen LogP contribution in [0.2, 0.25) is 0 Å². The minimum absolute atomic E-state index is 0.559. The van der Waals surface area contributed by atoms with Gasteiger partial charge in [-0.05, 0) is 18.6 Å². The number of likely N-dealkylation sites (N-methyl/N-ethyl adjacent to an activating group) is 1. The molecule has 1 saturated heterocycles. The molecule has 0 radical (unpaired) electrons. The Kier molecular flexibility index (Phi) is 4.19. The normalized spacial score (nSPS) is 19.9. The van der Waals surface area contributed by atoms with Gasteiger partial charge in [-0.3, -0.25) is 0 Å². The van der Waals surface area contributed by atoms with Crippen LogP contribution in [0.15, 0.2) is 30.3 Å². The smallest absolute Gasteiger partial charge is 0.0620 e. The van der Waals surface area contributed by atoms with Crippen LogP contribution in [0.5, 0.6) is 0 Å². The molecule has 1 heterocycles. The fourth-order valence-corrected chi connectivity index (χ4v) is 1.94. The van der Waals surface area contributed by atoms with Crippen LogP contribution in [0.4, 0.5) is 5.69 Å². The van der Waals surface area contributed by atoms with E-state index in [0.717, 1.165) is 32.7 Å². The molecule has 16 heavy (non-hydrogen) atoms. The Morgan fingerprint density at radius 2 is 2.19 bits per heavy atom. The van der Waals surface area contributed by atoms with E-state index < -0.39 is 0 Å². The molecule has 0 saturated carbocycles. The van der Waals surface area contributed by atoms with Gasteiger partial charge in [0.25, 0.3) is 0 Å². The number of rotatable bonds is 5. The van der Waals surface area contributed by atoms with Crippen LogP contribution in [0.1, 0.15) is 6.42 Å². The highest BCUT2D eigenvalue weighted by Crippen LogP contribution is 2.10. The van der Waals surface area contributed by atoms with Gasteiger partial charge in [0.15, 0.2) is 0 Å². The van der Waals surface area contributed by atoms with Crippen LogP contribution in [-0.2, 0) is 4.74 Å². The Balaban J connectivity index is 1.69. The first kappa shape index (κ1) is 11.4. The van der Waals surface area contributed by atoms with Crippen LogP contribution in [-0.4, -0.2) is 39.4 Å². The largest absolute Gasteiger partial charge is 0.380 e. The first-order valence-electron chi connectivity index (χ1n) is 5.93. The van der Waals surface area contributed by atoms with Gasteiger partial charge in [0, 0.05) is 38.5 Å². The molecule has 0 spiro atoms. The summed E-state index contributed by atoms with van der Waals surface area (Å²) in [4.78, 5) is 2.27. The van der Waals surface area contributed by atoms with E-state index in [2.05, 4.69) is 41.5 Å². The topological polar surface area (TPSA) is 24.5 Å². The number of nitrogens with one attached hydrogen (secondary N) is 1. The number of hydrogen-bond donors (Lipinski definition) is 1. The van der Waals surface area contributed by atoms with Crippen LogP contribution < -0.4 is 10.2 Å². The number of ether oxygens (including phenoxy) is 1. The molecule has 1 N–H and O–H groups in total. The van der Waals surface area contributed by atoms with Gasteiger partial charge in [0.05, 0.1) is 6.61 Å². The Hall–Kier alpha value is -1.06. The zero-order chi connectivity index (χ0) is 11.2. The molecule has 1 aliphatic heterocycles. The zero-order valence-electron chi connectivity index (χ0n) is 9.86. The molecule has 0 aliphatic carbocycles. The molecule has 3 heteroatoms. The van der Waals surface area contributed by atoms with Crippen molar-refractivity contribution in [1.82, 2.24) is 5.32 Å². The first-order chi connectivity index (χ1) is 7.86. The highest BCUT2D eigenvalue weighted by atomic mass is 16.5. The quantitative estimate of drug-likeness (QED) is 0.814. The standard InChI is InChI=1S/C13H20N2O/c1-15(13-5-3-2-4-6-13)9-8-14-12-7-10-16-11-12/h2-6,12,14H,7-11H2,1H3. The van der Waals surface area contributed by atoms with Gasteiger partial charge in [-0.2, -0.15) is 0 Å². The Morgan fingerprint density at radius 3 is 2.88 bits per heavy atom. The molecule has 1 aromatic carbocycles. The van der Waals surface area contributed by atoms with E-state index in [1.54, 1.807) is 0 Å². The van der Waals surface area contributed by atoms with E-state index in [9.17, 15) is 0 Å². The maximum atomic E-state index is 5.32. The van der Waals surface area contributed by atoms with Gasteiger partial charge in [-0.15, -0.1) is 0 Å². The van der Waals surface area contributed by atoms with Crippen LogP contribution in [0.25, 0.3) is 0 Å². The summed E-state index contributed by atoms with van der Waals surface area (Å²) in [6.45, 7) is 3.82. The van der Waals surface area contributed by atoms with E-state index in [4.69, 9.17) is 4.74 Å². The third-order valence-electron chi connectivity index (χ3n) is 3.01. The Bertz CT molecular complexity index is 296. The number of anilines is 1. The third-order valence-corrected chi connectivity index (χ3v) is 3.01. The number of nitrogens with zero attached hydrogens (tertiary/aromatic N) is 1. The van der Waals surface area contributed by atoms with E-state index in [0.29, 0.717) is 6.04 Å². The molecule has 0 bridgehead atoms. The summed E-state index contributed by atoms with van der Waals surface area (Å²) in [6, 6.07) is 11.0. The monoisotopic (exact) mass is 220 g/mol. The van der Waals surface area contributed by atoms with Crippen molar-refractivity contribution < 1.29 is 4.74 Å². The third kappa shape index (κ3) is 3.22. The zero-order valence-corrected chi connectivity index (χ0v) is 9.86. The van der Waals surface area contributed by atoms with Crippen molar-refractivity contribution in [1.29, 1.82) is 0 Å². The van der Waals surface area contributed by atoms with Gasteiger partial charge in [-0.1, -0.05) is 18.2 Å². The van der Waals surface area contributed by atoms with E-state index >= 15 is 0 Å². The first-order valence-corrected chi connectivity index (χ1v) is 5.93. The van der Waals surface area contributed by atoms with Gasteiger partial charge in [0.2, 0.25) is 0 Å². The van der Waals surface area contributed by atoms with E-state index in [1.807, 2.05) is 6.07 Å². The molecule has 1 atom stereocenters. The predicted molar refractivity (Wildman–Crippen MR) is 66.9 cm³/mol. The summed E-state index contributed by atoms with van der Waals surface area (Å²) in [5.41, 5.74) is 1.27. The summed E-state index contributed by atoms with van der Waals surface area (Å²) in [5, 5.41) is 3.52. The molecule has 1 unspecified atom stereocenters. The SMILES string of the molecule is CN(CCNC1CCOC1)c1ccccc1. The van der Waals surface area contributed by atoms with Crippen molar-refractivity contribution in [2.75, 3.05) is 38.3 Å². The van der Waals surface area contributed by atoms with Crippen LogP contribution >= 0.6 is 0 Å². The van der Waals surface area contributed by atoms with Crippen molar-refractivity contribution >= 4 is 5.69 Å². The van der Waals surface area contributed by atoms with Crippen LogP contribution in [0.3, 0.4) is 0 Å². The van der Waals surface area contributed by atoms with Crippen molar-refractivity contribution in [3.63, 3.8) is 0 Å². The highest BCUT2D eigenvalue weighted by Gasteiger charge is 2.14. The lowest BCUT2D eigenvalue weighted by Gasteiger charge is -2.20. The molecule has 1 aliphatic rings. The maximum Gasteiger partial charge on any atom is 0.0620 e. The molecular weight excluding hydrogens is 200 g/mol. The van der Waals surface area contributed by atoms with Gasteiger partial charge >= 0.3 is 0 Å². The van der Waals surface area contributed by atoms with E-state index in [-0.39, 0.29) is 0 Å². The summed E-state index contributed by atoms with van der Waals surface area (Å²) >= 11 is 0. The minimum atomic E-state index is 0.559. The van der Waals surface area contributed by atoms with Crippen molar-refractivity contribution in [3.8, 4) is 0 Å². The summed E-state index contributed by atoms with van der Waals surface area (Å²) < 4.78 is 5.32. The second-order valence-electron chi connectivity index (χ2n) is 4.27. The lowest BCUT2D eigenvalue weighted by atomic mass is 10.2. The fourth-order valence-electron chi connectivity index (χ4n) is 1.94. The fraction of sp³-hybridized carbons (Fsp3) is 0.538. The summed E-state index contributed by atoms with van der Waals surface area (Å²) in [6.07, 6.45) is 1.15. The van der Waals surface area contributed by atoms with E-state index in [1.165, 1.54) is 5.69 Å². The molecular formula is C13H20N2O. The average Bonchev–Trinajstić information content (AvgIpc) is 2.83. The van der Waals surface area contributed by atoms with Gasteiger partial charge in [-0.25, -0.2) is 0 Å². The molecule has 0 aromatic heterocycles. The predicted octanol–water partition coefficient (Wildman–Crippen LogP) is 1.50. The van der Waals surface area contributed by atoms with Crippen molar-refractivity contribution in [3.05, 3.63) is 30.3 Å². The van der Waals surface area contributed by atoms with Crippen molar-refractivity contribution in [2.45, 2.75) is 12.5 Å². The maximum absolute atomic E-state index is 5.32. The summed E-state index contributed by atoms with van der Waals surface area (Å²) in [5.74, 6) is 0. The van der Waals surface area contributed by atoms with Crippen LogP contribution in [0, 0.1) is 0 Å². The van der Waals surface area contributed by atoms with Gasteiger partial charge < -0.3 is 15.0 Å². The average molecular weight is 220 g/mol. The minimum Gasteiger partial charge on any atom is -0.380 e. The van der Waals surface area contributed by atoms with Gasteiger partial charge in [0.1, 0.15) is 0 Å². The highest BCUT2D eigenvalue weighted by molar-refractivity contribution is 5.44.